The highest BCUT2D eigenvalue weighted by Gasteiger charge is 2.25. The third-order valence-electron chi connectivity index (χ3n) is 4.41. The Labute approximate surface area is 164 Å². The molecule has 9 heteroatoms. The van der Waals surface area contributed by atoms with Crippen LogP contribution in [-0.4, -0.2) is 47.3 Å². The number of carbonyl (C=O) groups excluding carboxylic acids is 2. The Kier molecular flexibility index (Phi) is 5.64. The van der Waals surface area contributed by atoms with E-state index in [1.165, 1.54) is 12.1 Å². The topological polar surface area (TPSA) is 99.7 Å². The summed E-state index contributed by atoms with van der Waals surface area (Å²) in [5.74, 6) is -0.580. The summed E-state index contributed by atoms with van der Waals surface area (Å²) < 4.78 is 24.5. The molecule has 0 bridgehead atoms. The Hall–Kier alpha value is -2.94. The van der Waals surface area contributed by atoms with Gasteiger partial charge in [0.2, 0.25) is 10.0 Å². The molecule has 1 aliphatic heterocycles. The summed E-state index contributed by atoms with van der Waals surface area (Å²) in [6, 6.07) is 9.70. The number of anilines is 1. The van der Waals surface area contributed by atoms with Crippen LogP contribution in [0.15, 0.2) is 42.6 Å². The van der Waals surface area contributed by atoms with E-state index in [4.69, 9.17) is 0 Å². The second kappa shape index (κ2) is 7.97. The molecule has 0 saturated carbocycles. The maximum absolute atomic E-state index is 12.5. The van der Waals surface area contributed by atoms with Crippen LogP contribution in [0.2, 0.25) is 0 Å². The zero-order valence-corrected chi connectivity index (χ0v) is 16.6. The molecule has 2 heterocycles. The van der Waals surface area contributed by atoms with E-state index in [2.05, 4.69) is 10.3 Å². The molecule has 0 atom stereocenters. The van der Waals surface area contributed by atoms with Crippen molar-refractivity contribution in [3.63, 3.8) is 0 Å². The first-order chi connectivity index (χ1) is 13.3. The molecule has 1 N–H and O–H groups in total. The summed E-state index contributed by atoms with van der Waals surface area (Å²) >= 11 is 0. The van der Waals surface area contributed by atoms with Crippen molar-refractivity contribution in [2.24, 2.45) is 0 Å². The van der Waals surface area contributed by atoms with Crippen LogP contribution in [0, 0.1) is 0 Å². The number of sulfonamides is 1. The lowest BCUT2D eigenvalue weighted by Gasteiger charge is -2.20. The van der Waals surface area contributed by atoms with Gasteiger partial charge in [-0.2, -0.15) is 0 Å². The van der Waals surface area contributed by atoms with E-state index < -0.39 is 15.9 Å². The van der Waals surface area contributed by atoms with Gasteiger partial charge in [0.15, 0.2) is 0 Å². The average Bonchev–Trinajstić information content (AvgIpc) is 3.10. The maximum atomic E-state index is 12.5. The zero-order valence-electron chi connectivity index (χ0n) is 15.8. The molecule has 1 aromatic carbocycles. The highest BCUT2D eigenvalue weighted by Crippen LogP contribution is 2.21. The fourth-order valence-electron chi connectivity index (χ4n) is 3.01. The summed E-state index contributed by atoms with van der Waals surface area (Å²) in [5, 5.41) is 2.79. The molecule has 2 aromatic rings. The van der Waals surface area contributed by atoms with Crippen LogP contribution in [0.5, 0.6) is 0 Å². The number of rotatable bonds is 5. The smallest absolute Gasteiger partial charge is 0.314 e. The highest BCUT2D eigenvalue weighted by molar-refractivity contribution is 7.88. The number of nitrogens with zero attached hydrogens (tertiary/aromatic N) is 3. The molecule has 0 spiro atoms. The summed E-state index contributed by atoms with van der Waals surface area (Å²) in [6.07, 6.45) is 3.24. The SMILES string of the molecule is CCCN(C(=O)c1ccc(NC(=O)N2Cc3cccnc3C2)cc1)S(C)(=O)=O. The van der Waals surface area contributed by atoms with Crippen LogP contribution in [0.1, 0.15) is 35.0 Å². The standard InChI is InChI=1S/C19H22N4O4S/c1-3-11-23(28(2,26)27)18(24)14-6-8-16(9-7-14)21-19(25)22-12-15-5-4-10-20-17(15)13-22/h4-10H,3,11-13H2,1-2H3,(H,21,25). The van der Waals surface area contributed by atoms with Gasteiger partial charge in [0, 0.05) is 30.5 Å². The van der Waals surface area contributed by atoms with Crippen molar-refractivity contribution in [3.05, 3.63) is 59.4 Å². The van der Waals surface area contributed by atoms with Crippen molar-refractivity contribution < 1.29 is 18.0 Å². The summed E-state index contributed by atoms with van der Waals surface area (Å²) in [7, 11) is -3.64. The first-order valence-electron chi connectivity index (χ1n) is 8.90. The minimum absolute atomic E-state index is 0.125. The Balaban J connectivity index is 1.66. The van der Waals surface area contributed by atoms with Gasteiger partial charge in [-0.25, -0.2) is 17.5 Å². The minimum atomic E-state index is -3.64. The van der Waals surface area contributed by atoms with Gasteiger partial charge in [-0.1, -0.05) is 13.0 Å². The van der Waals surface area contributed by atoms with Crippen molar-refractivity contribution in [3.8, 4) is 0 Å². The van der Waals surface area contributed by atoms with Crippen LogP contribution >= 0.6 is 0 Å². The van der Waals surface area contributed by atoms with Gasteiger partial charge in [0.1, 0.15) is 0 Å². The lowest BCUT2D eigenvalue weighted by atomic mass is 10.2. The van der Waals surface area contributed by atoms with Crippen molar-refractivity contribution in [1.82, 2.24) is 14.2 Å². The zero-order chi connectivity index (χ0) is 20.3. The van der Waals surface area contributed by atoms with Gasteiger partial charge < -0.3 is 10.2 Å². The van der Waals surface area contributed by atoms with Crippen LogP contribution in [0.4, 0.5) is 10.5 Å². The molecular formula is C19H22N4O4S. The lowest BCUT2D eigenvalue weighted by molar-refractivity contribution is 0.0862. The van der Waals surface area contributed by atoms with Gasteiger partial charge in [-0.3, -0.25) is 9.78 Å². The predicted octanol–water partition coefficient (Wildman–Crippen LogP) is 2.44. The molecule has 0 aliphatic carbocycles. The first kappa shape index (κ1) is 19.8. The molecule has 8 nitrogen and oxygen atoms in total. The first-order valence-corrected chi connectivity index (χ1v) is 10.7. The summed E-state index contributed by atoms with van der Waals surface area (Å²) in [5.41, 5.74) is 2.67. The molecule has 0 unspecified atom stereocenters. The van der Waals surface area contributed by atoms with E-state index in [0.29, 0.717) is 25.2 Å². The average molecular weight is 402 g/mol. The molecule has 28 heavy (non-hydrogen) atoms. The highest BCUT2D eigenvalue weighted by atomic mass is 32.2. The molecule has 0 fully saturated rings. The number of urea groups is 1. The van der Waals surface area contributed by atoms with Crippen LogP contribution in [0.3, 0.4) is 0 Å². The van der Waals surface area contributed by atoms with E-state index in [1.54, 1.807) is 30.2 Å². The van der Waals surface area contributed by atoms with Crippen molar-refractivity contribution in [1.29, 1.82) is 0 Å². The number of amides is 3. The van der Waals surface area contributed by atoms with E-state index in [9.17, 15) is 18.0 Å². The second-order valence-electron chi connectivity index (χ2n) is 6.61. The third-order valence-corrected chi connectivity index (χ3v) is 5.56. The fraction of sp³-hybridized carbons (Fsp3) is 0.316. The van der Waals surface area contributed by atoms with Gasteiger partial charge >= 0.3 is 6.03 Å². The van der Waals surface area contributed by atoms with E-state index in [-0.39, 0.29) is 18.1 Å². The van der Waals surface area contributed by atoms with Crippen molar-refractivity contribution in [2.75, 3.05) is 18.1 Å². The Morgan fingerprint density at radius 2 is 1.89 bits per heavy atom. The number of carbonyl (C=O) groups is 2. The van der Waals surface area contributed by atoms with E-state index >= 15 is 0 Å². The van der Waals surface area contributed by atoms with Gasteiger partial charge in [-0.05, 0) is 42.3 Å². The molecule has 148 valence electrons. The van der Waals surface area contributed by atoms with Gasteiger partial charge in [0.05, 0.1) is 18.5 Å². The molecule has 1 aliphatic rings. The van der Waals surface area contributed by atoms with Gasteiger partial charge in [-0.15, -0.1) is 0 Å². The molecule has 3 amide bonds. The number of nitrogens with one attached hydrogen (secondary N) is 1. The monoisotopic (exact) mass is 402 g/mol. The number of pyridine rings is 1. The molecule has 3 rings (SSSR count). The van der Waals surface area contributed by atoms with Crippen LogP contribution in [-0.2, 0) is 23.1 Å². The number of hydrogen-bond donors (Lipinski definition) is 1. The van der Waals surface area contributed by atoms with Gasteiger partial charge in [0.25, 0.3) is 5.91 Å². The molecular weight excluding hydrogens is 380 g/mol. The number of fused-ring (bicyclic) bond motifs is 1. The van der Waals surface area contributed by atoms with Crippen LogP contribution in [0.25, 0.3) is 0 Å². The molecule has 1 aromatic heterocycles. The van der Waals surface area contributed by atoms with Crippen LogP contribution < -0.4 is 5.32 Å². The molecule has 0 saturated heterocycles. The largest absolute Gasteiger partial charge is 0.322 e. The van der Waals surface area contributed by atoms with E-state index in [0.717, 1.165) is 21.8 Å². The lowest BCUT2D eigenvalue weighted by Crippen LogP contribution is -2.36. The Morgan fingerprint density at radius 3 is 2.50 bits per heavy atom. The Bertz CT molecular complexity index is 964. The maximum Gasteiger partial charge on any atom is 0.322 e. The predicted molar refractivity (Wildman–Crippen MR) is 105 cm³/mol. The summed E-state index contributed by atoms with van der Waals surface area (Å²) in [4.78, 5) is 30.9. The quantitative estimate of drug-likeness (QED) is 0.828. The number of benzene rings is 1. The van der Waals surface area contributed by atoms with E-state index in [1.807, 2.05) is 12.1 Å². The van der Waals surface area contributed by atoms with Crippen molar-refractivity contribution >= 4 is 27.6 Å². The van der Waals surface area contributed by atoms with Crippen molar-refractivity contribution in [2.45, 2.75) is 26.4 Å². The fourth-order valence-corrected chi connectivity index (χ4v) is 3.93. The number of hydrogen-bond acceptors (Lipinski definition) is 5. The summed E-state index contributed by atoms with van der Waals surface area (Å²) in [6.45, 7) is 2.86. The number of aromatic nitrogens is 1. The minimum Gasteiger partial charge on any atom is -0.314 e. The Morgan fingerprint density at radius 1 is 1.18 bits per heavy atom. The second-order valence-corrected chi connectivity index (χ2v) is 8.52. The normalized spacial score (nSPS) is 13.1. The third kappa shape index (κ3) is 4.30. The molecule has 0 radical (unpaired) electrons.